The van der Waals surface area contributed by atoms with E-state index in [2.05, 4.69) is 15.0 Å². The lowest BCUT2D eigenvalue weighted by molar-refractivity contribution is -0.176. The van der Waals surface area contributed by atoms with E-state index in [4.69, 9.17) is 15.2 Å². The zero-order valence-corrected chi connectivity index (χ0v) is 17.1. The molecule has 4 bridgehead atoms. The van der Waals surface area contributed by atoms with Gasteiger partial charge in [0.05, 0.1) is 11.7 Å². The molecule has 5 aliphatic rings. The van der Waals surface area contributed by atoms with E-state index < -0.39 is 24.5 Å². The molecule has 4 aliphatic carbocycles. The lowest BCUT2D eigenvalue weighted by Gasteiger charge is -2.55. The van der Waals surface area contributed by atoms with Crippen LogP contribution in [0.5, 0.6) is 0 Å². The van der Waals surface area contributed by atoms with Crippen LogP contribution in [0.25, 0.3) is 11.2 Å². The van der Waals surface area contributed by atoms with Gasteiger partial charge in [0.15, 0.2) is 17.7 Å². The van der Waals surface area contributed by atoms with E-state index in [0.29, 0.717) is 28.9 Å². The number of hydrogen-bond donors (Lipinski definition) is 3. The number of fused-ring (bicyclic) bond motifs is 1. The number of imidazole rings is 1. The summed E-state index contributed by atoms with van der Waals surface area (Å²) in [6, 6.07) is 0. The Bertz CT molecular complexity index is 989. The van der Waals surface area contributed by atoms with Crippen molar-refractivity contribution in [2.24, 2.45) is 23.2 Å². The molecule has 1 saturated heterocycles. The Kier molecular flexibility index (Phi) is 4.28. The van der Waals surface area contributed by atoms with Crippen LogP contribution in [0.1, 0.15) is 44.8 Å². The molecule has 3 heterocycles. The molecule has 0 amide bonds. The van der Waals surface area contributed by atoms with Crippen LogP contribution >= 0.6 is 0 Å². The van der Waals surface area contributed by atoms with Crippen molar-refractivity contribution in [2.45, 2.75) is 63.1 Å². The number of hydrogen-bond acceptors (Lipinski definition) is 9. The normalized spacial score (nSPS) is 41.2. The molecule has 10 heteroatoms. The smallest absolute Gasteiger partial charge is 0.312 e. The number of carbonyl (C=O) groups excluding carboxylic acids is 1. The van der Waals surface area contributed by atoms with E-state index in [0.717, 1.165) is 19.3 Å². The molecule has 166 valence electrons. The maximum absolute atomic E-state index is 13.1. The first kappa shape index (κ1) is 19.4. The maximum atomic E-state index is 13.1. The lowest BCUT2D eigenvalue weighted by Crippen LogP contribution is -2.51. The molecule has 2 aromatic heterocycles. The van der Waals surface area contributed by atoms with Crippen molar-refractivity contribution in [1.29, 1.82) is 0 Å². The predicted octanol–water partition coefficient (Wildman–Crippen LogP) is 0.787. The third kappa shape index (κ3) is 2.95. The van der Waals surface area contributed by atoms with Crippen LogP contribution in [0, 0.1) is 23.2 Å². The van der Waals surface area contributed by atoms with Crippen molar-refractivity contribution in [2.75, 3.05) is 12.3 Å². The van der Waals surface area contributed by atoms with Crippen LogP contribution in [0.15, 0.2) is 12.7 Å². The number of esters is 1. The van der Waals surface area contributed by atoms with E-state index in [1.165, 1.54) is 36.5 Å². The van der Waals surface area contributed by atoms with Crippen LogP contribution in [-0.2, 0) is 14.3 Å². The Morgan fingerprint density at radius 3 is 2.48 bits per heavy atom. The zero-order chi connectivity index (χ0) is 21.3. The first-order chi connectivity index (χ1) is 14.9. The molecule has 4 N–H and O–H groups in total. The van der Waals surface area contributed by atoms with Gasteiger partial charge in [-0.15, -0.1) is 0 Å². The van der Waals surface area contributed by atoms with E-state index in [9.17, 15) is 15.0 Å². The first-order valence-electron chi connectivity index (χ1n) is 11.1. The molecule has 7 rings (SSSR count). The SMILES string of the molecule is Nc1ncnc2c1ncn2[C@@H]1O[C@H](COC(=O)C23CC4CC(CC(C4)C2)C3)[C@@H](O)[C@@H]1O. The van der Waals surface area contributed by atoms with Crippen LogP contribution < -0.4 is 5.73 Å². The Labute approximate surface area is 178 Å². The predicted molar refractivity (Wildman–Crippen MR) is 107 cm³/mol. The summed E-state index contributed by atoms with van der Waals surface area (Å²) in [6.45, 7) is -0.0982. The summed E-state index contributed by atoms with van der Waals surface area (Å²) >= 11 is 0. The molecule has 10 nitrogen and oxygen atoms in total. The third-order valence-electron chi connectivity index (χ3n) is 7.85. The van der Waals surface area contributed by atoms with E-state index in [1.807, 2.05) is 0 Å². The standard InChI is InChI=1S/C21H27N5O5/c22-17-14-18(24-8-23-17)26(9-25-14)19-16(28)15(27)13(31-19)7-30-20(29)21-4-10-1-11(5-21)3-12(2-10)6-21/h8-13,15-16,19,27-28H,1-7H2,(H2,22,23,24)/t10?,11?,12?,13-,15-,16+,19-,21?/m1/s1. The number of nitrogens with two attached hydrogens (primary N) is 1. The minimum atomic E-state index is -1.23. The fourth-order valence-electron chi connectivity index (χ4n) is 6.82. The number of aromatic nitrogens is 4. The topological polar surface area (TPSA) is 146 Å². The summed E-state index contributed by atoms with van der Waals surface area (Å²) in [5.41, 5.74) is 6.25. The van der Waals surface area contributed by atoms with E-state index in [1.54, 1.807) is 0 Å². The second kappa shape index (κ2) is 6.85. The van der Waals surface area contributed by atoms with Crippen molar-refractivity contribution in [3.8, 4) is 0 Å². The van der Waals surface area contributed by atoms with Crippen LogP contribution in [0.2, 0.25) is 0 Å². The molecule has 4 saturated carbocycles. The van der Waals surface area contributed by atoms with Gasteiger partial charge in [0, 0.05) is 0 Å². The summed E-state index contributed by atoms with van der Waals surface area (Å²) in [6.07, 6.45) is 5.05. The molecule has 0 spiro atoms. The van der Waals surface area contributed by atoms with Crippen molar-refractivity contribution in [3.05, 3.63) is 12.7 Å². The van der Waals surface area contributed by atoms with Gasteiger partial charge in [-0.05, 0) is 56.3 Å². The number of aliphatic hydroxyl groups is 2. The van der Waals surface area contributed by atoms with E-state index >= 15 is 0 Å². The number of carbonyl (C=O) groups is 1. The van der Waals surface area contributed by atoms with Crippen LogP contribution in [-0.4, -0.2) is 60.6 Å². The number of ether oxygens (including phenoxy) is 2. The number of nitrogens with zero attached hydrogens (tertiary/aromatic N) is 4. The highest BCUT2D eigenvalue weighted by molar-refractivity contribution is 5.81. The molecule has 0 aromatic carbocycles. The Morgan fingerprint density at radius 2 is 1.81 bits per heavy atom. The summed E-state index contributed by atoms with van der Waals surface area (Å²) < 4.78 is 13.1. The molecule has 0 radical (unpaired) electrons. The molecule has 1 aliphatic heterocycles. The molecule has 5 fully saturated rings. The number of nitrogen functional groups attached to an aromatic ring is 1. The van der Waals surface area contributed by atoms with E-state index in [-0.39, 0.29) is 23.8 Å². The second-order valence-electron chi connectivity index (χ2n) is 9.93. The van der Waals surface area contributed by atoms with Gasteiger partial charge >= 0.3 is 5.97 Å². The molecule has 0 unspecified atom stereocenters. The van der Waals surface area contributed by atoms with Crippen molar-refractivity contribution in [3.63, 3.8) is 0 Å². The average molecular weight is 429 g/mol. The molecule has 31 heavy (non-hydrogen) atoms. The van der Waals surface area contributed by atoms with Gasteiger partial charge < -0.3 is 25.4 Å². The maximum Gasteiger partial charge on any atom is 0.312 e. The monoisotopic (exact) mass is 429 g/mol. The Morgan fingerprint density at radius 1 is 1.13 bits per heavy atom. The summed E-state index contributed by atoms with van der Waals surface area (Å²) in [4.78, 5) is 25.3. The summed E-state index contributed by atoms with van der Waals surface area (Å²) in [7, 11) is 0. The highest BCUT2D eigenvalue weighted by atomic mass is 16.6. The quantitative estimate of drug-likeness (QED) is 0.600. The van der Waals surface area contributed by atoms with Gasteiger partial charge in [-0.3, -0.25) is 9.36 Å². The minimum absolute atomic E-state index is 0.0982. The molecular weight excluding hydrogens is 402 g/mol. The van der Waals surface area contributed by atoms with Gasteiger partial charge in [0.25, 0.3) is 0 Å². The highest BCUT2D eigenvalue weighted by Crippen LogP contribution is 2.60. The third-order valence-corrected chi connectivity index (χ3v) is 7.85. The Hall–Kier alpha value is -2.30. The molecule has 4 atom stereocenters. The van der Waals surface area contributed by atoms with Gasteiger partial charge in [-0.25, -0.2) is 15.0 Å². The second-order valence-corrected chi connectivity index (χ2v) is 9.93. The Balaban J connectivity index is 1.16. The van der Waals surface area contributed by atoms with Crippen molar-refractivity contribution < 1.29 is 24.5 Å². The fourth-order valence-corrected chi connectivity index (χ4v) is 6.82. The zero-order valence-electron chi connectivity index (χ0n) is 17.1. The molecule has 2 aromatic rings. The average Bonchev–Trinajstić information content (AvgIpc) is 3.28. The number of rotatable bonds is 4. The lowest BCUT2D eigenvalue weighted by atomic mass is 9.49. The number of anilines is 1. The van der Waals surface area contributed by atoms with Gasteiger partial charge in [0.2, 0.25) is 0 Å². The number of aliphatic hydroxyl groups excluding tert-OH is 2. The molecular formula is C21H27N5O5. The van der Waals surface area contributed by atoms with Gasteiger partial charge in [0.1, 0.15) is 36.8 Å². The highest BCUT2D eigenvalue weighted by Gasteiger charge is 2.56. The largest absolute Gasteiger partial charge is 0.462 e. The fraction of sp³-hybridized carbons (Fsp3) is 0.714. The van der Waals surface area contributed by atoms with Gasteiger partial charge in [-0.2, -0.15) is 0 Å². The minimum Gasteiger partial charge on any atom is -0.462 e. The first-order valence-corrected chi connectivity index (χ1v) is 11.1. The van der Waals surface area contributed by atoms with Crippen LogP contribution in [0.4, 0.5) is 5.82 Å². The summed E-state index contributed by atoms with van der Waals surface area (Å²) in [5.74, 6) is 1.97. The van der Waals surface area contributed by atoms with Crippen molar-refractivity contribution in [1.82, 2.24) is 19.5 Å². The van der Waals surface area contributed by atoms with Gasteiger partial charge in [-0.1, -0.05) is 0 Å². The summed E-state index contributed by atoms with van der Waals surface area (Å²) in [5, 5.41) is 21.1. The van der Waals surface area contributed by atoms with Crippen molar-refractivity contribution >= 4 is 23.0 Å². The van der Waals surface area contributed by atoms with Crippen LogP contribution in [0.3, 0.4) is 0 Å².